The summed E-state index contributed by atoms with van der Waals surface area (Å²) in [6.45, 7) is 2.88. The van der Waals surface area contributed by atoms with Gasteiger partial charge in [0.15, 0.2) is 0 Å². The molecule has 0 saturated carbocycles. The number of nitrogens with one attached hydrogen (secondary N) is 1. The topological polar surface area (TPSA) is 21.3 Å². The van der Waals surface area contributed by atoms with Crippen molar-refractivity contribution >= 4 is 15.9 Å². The summed E-state index contributed by atoms with van der Waals surface area (Å²) < 4.78 is 6.97. The van der Waals surface area contributed by atoms with E-state index in [0.29, 0.717) is 0 Å². The van der Waals surface area contributed by atoms with Crippen LogP contribution in [0.4, 0.5) is 0 Å². The first-order chi connectivity index (χ1) is 8.69. The molecule has 0 aliphatic carbocycles. The van der Waals surface area contributed by atoms with Gasteiger partial charge in [-0.1, -0.05) is 28.1 Å². The summed E-state index contributed by atoms with van der Waals surface area (Å²) in [7, 11) is 1.94. The van der Waals surface area contributed by atoms with Crippen LogP contribution in [0.25, 0.3) is 0 Å². The molecule has 0 aliphatic heterocycles. The van der Waals surface area contributed by atoms with Crippen molar-refractivity contribution in [2.75, 3.05) is 7.05 Å². The fourth-order valence-corrected chi connectivity index (χ4v) is 2.25. The summed E-state index contributed by atoms with van der Waals surface area (Å²) in [5.74, 6) is 1.76. The van der Waals surface area contributed by atoms with E-state index in [9.17, 15) is 0 Å². The van der Waals surface area contributed by atoms with Crippen molar-refractivity contribution in [2.45, 2.75) is 13.5 Å². The third kappa shape index (κ3) is 3.34. The van der Waals surface area contributed by atoms with Crippen molar-refractivity contribution in [3.8, 4) is 11.5 Å². The number of benzene rings is 2. The Morgan fingerprint density at radius 1 is 1.17 bits per heavy atom. The monoisotopic (exact) mass is 305 g/mol. The Hall–Kier alpha value is -1.32. The Kier molecular flexibility index (Phi) is 4.39. The minimum Gasteiger partial charge on any atom is -0.457 e. The normalized spacial score (nSPS) is 10.4. The molecule has 18 heavy (non-hydrogen) atoms. The van der Waals surface area contributed by atoms with Gasteiger partial charge >= 0.3 is 0 Å². The summed E-state index contributed by atoms with van der Waals surface area (Å²) >= 11 is 3.45. The Labute approximate surface area is 116 Å². The quantitative estimate of drug-likeness (QED) is 0.911. The molecule has 0 heterocycles. The molecule has 0 amide bonds. The first-order valence-electron chi connectivity index (χ1n) is 5.86. The molecule has 0 aliphatic rings. The molecular formula is C15H16BrNO. The maximum atomic E-state index is 5.90. The molecule has 0 saturated heterocycles. The predicted molar refractivity (Wildman–Crippen MR) is 78.2 cm³/mol. The molecule has 0 spiro atoms. The highest BCUT2D eigenvalue weighted by atomic mass is 79.9. The number of halogens is 1. The molecule has 2 nitrogen and oxygen atoms in total. The zero-order chi connectivity index (χ0) is 13.0. The average Bonchev–Trinajstić information content (AvgIpc) is 2.34. The number of rotatable bonds is 4. The maximum absolute atomic E-state index is 5.90. The summed E-state index contributed by atoms with van der Waals surface area (Å²) in [4.78, 5) is 0. The van der Waals surface area contributed by atoms with E-state index >= 15 is 0 Å². The second-order valence-electron chi connectivity index (χ2n) is 4.19. The zero-order valence-corrected chi connectivity index (χ0v) is 12.1. The second kappa shape index (κ2) is 6.03. The molecule has 2 aromatic carbocycles. The average molecular weight is 306 g/mol. The van der Waals surface area contributed by atoms with Crippen LogP contribution in [0.3, 0.4) is 0 Å². The summed E-state index contributed by atoms with van der Waals surface area (Å²) in [6, 6.07) is 14.1. The number of aryl methyl sites for hydroxylation is 1. The van der Waals surface area contributed by atoms with Gasteiger partial charge in [0.05, 0.1) is 0 Å². The van der Waals surface area contributed by atoms with Gasteiger partial charge < -0.3 is 10.1 Å². The van der Waals surface area contributed by atoms with Gasteiger partial charge in [0.25, 0.3) is 0 Å². The summed E-state index contributed by atoms with van der Waals surface area (Å²) in [5, 5.41) is 3.13. The molecule has 2 aromatic rings. The fraction of sp³-hybridized carbons (Fsp3) is 0.200. The van der Waals surface area contributed by atoms with E-state index in [1.807, 2.05) is 44.3 Å². The van der Waals surface area contributed by atoms with Crippen LogP contribution in [0.2, 0.25) is 0 Å². The molecule has 0 unspecified atom stereocenters. The van der Waals surface area contributed by atoms with Gasteiger partial charge in [-0.25, -0.2) is 0 Å². The lowest BCUT2D eigenvalue weighted by Crippen LogP contribution is -2.04. The van der Waals surface area contributed by atoms with E-state index in [2.05, 4.69) is 33.4 Å². The predicted octanol–water partition coefficient (Wildman–Crippen LogP) is 4.27. The minimum absolute atomic E-state index is 0.844. The van der Waals surface area contributed by atoms with Crippen LogP contribution in [0.5, 0.6) is 11.5 Å². The van der Waals surface area contributed by atoms with Crippen molar-refractivity contribution in [2.24, 2.45) is 0 Å². The van der Waals surface area contributed by atoms with E-state index in [4.69, 9.17) is 4.74 Å². The van der Waals surface area contributed by atoms with E-state index in [1.165, 1.54) is 5.56 Å². The van der Waals surface area contributed by atoms with Crippen LogP contribution in [0.1, 0.15) is 11.1 Å². The van der Waals surface area contributed by atoms with Crippen LogP contribution in [-0.2, 0) is 6.54 Å². The molecule has 0 fully saturated rings. The van der Waals surface area contributed by atoms with Gasteiger partial charge in [0.2, 0.25) is 0 Å². The highest BCUT2D eigenvalue weighted by Gasteiger charge is 2.02. The fourth-order valence-electron chi connectivity index (χ4n) is 1.78. The van der Waals surface area contributed by atoms with Gasteiger partial charge in [0, 0.05) is 11.0 Å². The maximum Gasteiger partial charge on any atom is 0.130 e. The van der Waals surface area contributed by atoms with Crippen LogP contribution in [0, 0.1) is 6.92 Å². The largest absolute Gasteiger partial charge is 0.457 e. The number of ether oxygens (including phenoxy) is 1. The highest BCUT2D eigenvalue weighted by Crippen LogP contribution is 2.27. The SMILES string of the molecule is CNCc1cccc(Oc2ccc(Br)cc2C)c1. The standard InChI is InChI=1S/C15H16BrNO/c1-11-8-13(16)6-7-15(11)18-14-5-3-4-12(9-14)10-17-2/h3-9,17H,10H2,1-2H3. The minimum atomic E-state index is 0.844. The van der Waals surface area contributed by atoms with E-state index in [-0.39, 0.29) is 0 Å². The van der Waals surface area contributed by atoms with Crippen LogP contribution in [-0.4, -0.2) is 7.05 Å². The molecule has 1 N–H and O–H groups in total. The molecule has 2 rings (SSSR count). The highest BCUT2D eigenvalue weighted by molar-refractivity contribution is 9.10. The van der Waals surface area contributed by atoms with Crippen molar-refractivity contribution in [1.82, 2.24) is 5.32 Å². The zero-order valence-electron chi connectivity index (χ0n) is 10.5. The third-order valence-corrected chi connectivity index (χ3v) is 3.14. The molecule has 94 valence electrons. The third-order valence-electron chi connectivity index (χ3n) is 2.64. The Bertz CT molecular complexity index is 540. The van der Waals surface area contributed by atoms with Gasteiger partial charge in [-0.2, -0.15) is 0 Å². The van der Waals surface area contributed by atoms with Crippen LogP contribution in [0.15, 0.2) is 46.9 Å². The lowest BCUT2D eigenvalue weighted by molar-refractivity contribution is 0.478. The van der Waals surface area contributed by atoms with Gasteiger partial charge in [-0.3, -0.25) is 0 Å². The number of hydrogen-bond donors (Lipinski definition) is 1. The van der Waals surface area contributed by atoms with E-state index in [1.54, 1.807) is 0 Å². The Balaban J connectivity index is 2.20. The van der Waals surface area contributed by atoms with Gasteiger partial charge in [-0.05, 0) is 55.4 Å². The second-order valence-corrected chi connectivity index (χ2v) is 5.11. The van der Waals surface area contributed by atoms with E-state index < -0.39 is 0 Å². The van der Waals surface area contributed by atoms with Crippen molar-refractivity contribution in [3.63, 3.8) is 0 Å². The van der Waals surface area contributed by atoms with E-state index in [0.717, 1.165) is 28.1 Å². The molecule has 0 aromatic heterocycles. The Morgan fingerprint density at radius 3 is 2.72 bits per heavy atom. The van der Waals surface area contributed by atoms with Crippen molar-refractivity contribution < 1.29 is 4.74 Å². The van der Waals surface area contributed by atoms with Crippen molar-refractivity contribution in [3.05, 3.63) is 58.1 Å². The molecule has 3 heteroatoms. The summed E-state index contributed by atoms with van der Waals surface area (Å²) in [6.07, 6.45) is 0. The molecule has 0 bridgehead atoms. The first kappa shape index (κ1) is 13.1. The first-order valence-corrected chi connectivity index (χ1v) is 6.66. The Morgan fingerprint density at radius 2 is 2.00 bits per heavy atom. The van der Waals surface area contributed by atoms with Gasteiger partial charge in [-0.15, -0.1) is 0 Å². The molecule has 0 atom stereocenters. The van der Waals surface area contributed by atoms with Crippen LogP contribution >= 0.6 is 15.9 Å². The smallest absolute Gasteiger partial charge is 0.130 e. The molecule has 0 radical (unpaired) electrons. The molecular weight excluding hydrogens is 290 g/mol. The van der Waals surface area contributed by atoms with Crippen LogP contribution < -0.4 is 10.1 Å². The lowest BCUT2D eigenvalue weighted by atomic mass is 10.2. The van der Waals surface area contributed by atoms with Gasteiger partial charge in [0.1, 0.15) is 11.5 Å². The summed E-state index contributed by atoms with van der Waals surface area (Å²) in [5.41, 5.74) is 2.33. The lowest BCUT2D eigenvalue weighted by Gasteiger charge is -2.10. The number of hydrogen-bond acceptors (Lipinski definition) is 2. The van der Waals surface area contributed by atoms with Crippen molar-refractivity contribution in [1.29, 1.82) is 0 Å².